The Labute approximate surface area is 115 Å². The van der Waals surface area contributed by atoms with Gasteiger partial charge in [-0.2, -0.15) is 0 Å². The zero-order valence-electron chi connectivity index (χ0n) is 9.92. The molecule has 0 bridgehead atoms. The summed E-state index contributed by atoms with van der Waals surface area (Å²) in [6.45, 7) is 1.07. The van der Waals surface area contributed by atoms with Crippen LogP contribution < -0.4 is 5.32 Å². The number of thiophene rings is 1. The molecule has 4 nitrogen and oxygen atoms in total. The first-order valence-electron chi connectivity index (χ1n) is 5.41. The van der Waals surface area contributed by atoms with Gasteiger partial charge < -0.3 is 5.32 Å². The molecular weight excluding hydrogens is 288 g/mol. The number of hydrogen-bond donors (Lipinski definition) is 1. The van der Waals surface area contributed by atoms with Crippen molar-refractivity contribution in [2.75, 3.05) is 18.6 Å². The topological polar surface area (TPSA) is 59.1 Å². The molecule has 0 unspecified atom stereocenters. The van der Waals surface area contributed by atoms with Crippen molar-refractivity contribution in [2.24, 2.45) is 0 Å². The molecule has 7 heteroatoms. The molecule has 2 aromatic rings. The van der Waals surface area contributed by atoms with Crippen LogP contribution in [0.2, 0.25) is 0 Å². The van der Waals surface area contributed by atoms with Crippen LogP contribution in [-0.2, 0) is 16.4 Å². The molecule has 98 valence electrons. The number of nitrogens with zero attached hydrogens (tertiary/aromatic N) is 1. The Morgan fingerprint density at radius 3 is 2.89 bits per heavy atom. The van der Waals surface area contributed by atoms with Crippen LogP contribution in [0.3, 0.4) is 0 Å². The Hall–Kier alpha value is -0.760. The number of hydrogen-bond acceptors (Lipinski definition) is 6. The number of thiazole rings is 1. The second-order valence-corrected chi connectivity index (χ2v) is 7.99. The van der Waals surface area contributed by atoms with Crippen LogP contribution in [0.25, 0.3) is 9.88 Å². The highest BCUT2D eigenvalue weighted by atomic mass is 32.2. The fraction of sp³-hybridized carbons (Fsp3) is 0.364. The third kappa shape index (κ3) is 4.16. The maximum absolute atomic E-state index is 10.9. The SMILES string of the molecule is CS(=O)(=O)CCNCc1csc(-c2cccs2)n1. The van der Waals surface area contributed by atoms with Gasteiger partial charge in [0.2, 0.25) is 0 Å². The molecule has 0 aliphatic heterocycles. The fourth-order valence-corrected chi connectivity index (χ4v) is 3.52. The van der Waals surface area contributed by atoms with Crippen molar-refractivity contribution in [3.63, 3.8) is 0 Å². The van der Waals surface area contributed by atoms with Gasteiger partial charge in [0.25, 0.3) is 0 Å². The van der Waals surface area contributed by atoms with E-state index in [0.717, 1.165) is 10.7 Å². The number of rotatable bonds is 6. The predicted molar refractivity (Wildman–Crippen MR) is 76.8 cm³/mol. The summed E-state index contributed by atoms with van der Waals surface area (Å²) in [6, 6.07) is 4.05. The predicted octanol–water partition coefficient (Wildman–Crippen LogP) is 2.01. The lowest BCUT2D eigenvalue weighted by Crippen LogP contribution is -2.22. The average Bonchev–Trinajstić information content (AvgIpc) is 2.93. The Morgan fingerprint density at radius 2 is 2.22 bits per heavy atom. The maximum atomic E-state index is 10.9. The summed E-state index contributed by atoms with van der Waals surface area (Å²) >= 11 is 3.28. The highest BCUT2D eigenvalue weighted by Gasteiger charge is 2.06. The molecule has 18 heavy (non-hydrogen) atoms. The normalized spacial score (nSPS) is 11.8. The highest BCUT2D eigenvalue weighted by Crippen LogP contribution is 2.27. The zero-order valence-corrected chi connectivity index (χ0v) is 12.4. The van der Waals surface area contributed by atoms with Crippen LogP contribution in [0, 0.1) is 0 Å². The zero-order chi connectivity index (χ0) is 13.0. The van der Waals surface area contributed by atoms with E-state index in [4.69, 9.17) is 0 Å². The standard InChI is InChI=1S/C11H14N2O2S3/c1-18(14,15)6-4-12-7-9-8-17-11(13-9)10-3-2-5-16-10/h2-3,5,8,12H,4,6-7H2,1H3. The van der Waals surface area contributed by atoms with Crippen LogP contribution in [0.1, 0.15) is 5.69 Å². The Kier molecular flexibility index (Phi) is 4.50. The van der Waals surface area contributed by atoms with Crippen molar-refractivity contribution < 1.29 is 8.42 Å². The Morgan fingerprint density at radius 1 is 1.39 bits per heavy atom. The minimum atomic E-state index is -2.89. The van der Waals surface area contributed by atoms with E-state index in [1.165, 1.54) is 11.1 Å². The molecule has 0 amide bonds. The molecule has 0 aliphatic carbocycles. The van der Waals surface area contributed by atoms with Crippen LogP contribution in [0.15, 0.2) is 22.9 Å². The van der Waals surface area contributed by atoms with Crippen molar-refractivity contribution in [1.82, 2.24) is 10.3 Å². The minimum absolute atomic E-state index is 0.162. The van der Waals surface area contributed by atoms with Gasteiger partial charge in [-0.1, -0.05) is 6.07 Å². The van der Waals surface area contributed by atoms with E-state index in [9.17, 15) is 8.42 Å². The van der Waals surface area contributed by atoms with Gasteiger partial charge in [-0.25, -0.2) is 13.4 Å². The third-order valence-electron chi connectivity index (χ3n) is 2.24. The van der Waals surface area contributed by atoms with E-state index >= 15 is 0 Å². The average molecular weight is 302 g/mol. The molecule has 0 atom stereocenters. The summed E-state index contributed by atoms with van der Waals surface area (Å²) in [7, 11) is -2.89. The Bertz CT molecular complexity index is 588. The summed E-state index contributed by atoms with van der Waals surface area (Å²) in [5.74, 6) is 0.162. The first kappa shape index (κ1) is 13.7. The van der Waals surface area contributed by atoms with E-state index < -0.39 is 9.84 Å². The summed E-state index contributed by atoms with van der Waals surface area (Å²) in [6.07, 6.45) is 1.24. The lowest BCUT2D eigenvalue weighted by molar-refractivity contribution is 0.596. The van der Waals surface area contributed by atoms with Crippen molar-refractivity contribution in [3.8, 4) is 9.88 Å². The molecule has 0 saturated heterocycles. The maximum Gasteiger partial charge on any atom is 0.148 e. The largest absolute Gasteiger partial charge is 0.310 e. The molecule has 2 rings (SSSR count). The highest BCUT2D eigenvalue weighted by molar-refractivity contribution is 7.90. The molecule has 0 radical (unpaired) electrons. The molecule has 2 aromatic heterocycles. The molecule has 0 saturated carbocycles. The van der Waals surface area contributed by atoms with E-state index in [0.29, 0.717) is 13.1 Å². The van der Waals surface area contributed by atoms with E-state index in [1.807, 2.05) is 22.9 Å². The smallest absolute Gasteiger partial charge is 0.148 e. The molecule has 1 N–H and O–H groups in total. The van der Waals surface area contributed by atoms with E-state index in [-0.39, 0.29) is 5.75 Å². The molecule has 0 aliphatic rings. The first-order chi connectivity index (χ1) is 8.54. The van der Waals surface area contributed by atoms with Gasteiger partial charge in [0.1, 0.15) is 14.8 Å². The van der Waals surface area contributed by atoms with Crippen molar-refractivity contribution in [2.45, 2.75) is 6.54 Å². The van der Waals surface area contributed by atoms with Crippen molar-refractivity contribution in [1.29, 1.82) is 0 Å². The number of aromatic nitrogens is 1. The lowest BCUT2D eigenvalue weighted by atomic mass is 10.4. The minimum Gasteiger partial charge on any atom is -0.310 e. The summed E-state index contributed by atoms with van der Waals surface area (Å²) in [4.78, 5) is 5.67. The fourth-order valence-electron chi connectivity index (χ4n) is 1.38. The van der Waals surface area contributed by atoms with Crippen LogP contribution in [0.4, 0.5) is 0 Å². The number of nitrogens with one attached hydrogen (secondary N) is 1. The van der Waals surface area contributed by atoms with Gasteiger partial charge in [-0.05, 0) is 11.4 Å². The van der Waals surface area contributed by atoms with Crippen LogP contribution in [0.5, 0.6) is 0 Å². The summed E-state index contributed by atoms with van der Waals surface area (Å²) in [5.41, 5.74) is 0.955. The van der Waals surface area contributed by atoms with Crippen LogP contribution >= 0.6 is 22.7 Å². The lowest BCUT2D eigenvalue weighted by Gasteiger charge is -2.00. The first-order valence-corrected chi connectivity index (χ1v) is 9.23. The second-order valence-electron chi connectivity index (χ2n) is 3.93. The molecule has 0 spiro atoms. The van der Waals surface area contributed by atoms with Gasteiger partial charge >= 0.3 is 0 Å². The Balaban J connectivity index is 1.84. The molecule has 0 fully saturated rings. The van der Waals surface area contributed by atoms with Crippen molar-refractivity contribution in [3.05, 3.63) is 28.6 Å². The number of sulfone groups is 1. The molecular formula is C11H14N2O2S3. The third-order valence-corrected chi connectivity index (χ3v) is 5.12. The van der Waals surface area contributed by atoms with Crippen molar-refractivity contribution >= 4 is 32.5 Å². The van der Waals surface area contributed by atoms with Gasteiger partial charge in [0, 0.05) is 24.7 Å². The summed E-state index contributed by atoms with van der Waals surface area (Å²) in [5, 5.41) is 8.13. The second kappa shape index (κ2) is 5.92. The molecule has 0 aromatic carbocycles. The van der Waals surface area contributed by atoms with Crippen LogP contribution in [-0.4, -0.2) is 32.0 Å². The van der Waals surface area contributed by atoms with Gasteiger partial charge in [0.05, 0.1) is 16.3 Å². The summed E-state index contributed by atoms with van der Waals surface area (Å²) < 4.78 is 21.9. The molecule has 2 heterocycles. The van der Waals surface area contributed by atoms with E-state index in [2.05, 4.69) is 10.3 Å². The van der Waals surface area contributed by atoms with Gasteiger partial charge in [0.15, 0.2) is 0 Å². The van der Waals surface area contributed by atoms with Gasteiger partial charge in [-0.3, -0.25) is 0 Å². The quantitative estimate of drug-likeness (QED) is 0.829. The monoisotopic (exact) mass is 302 g/mol. The van der Waals surface area contributed by atoms with E-state index in [1.54, 1.807) is 22.7 Å². The van der Waals surface area contributed by atoms with Gasteiger partial charge in [-0.15, -0.1) is 22.7 Å².